The fourth-order valence-corrected chi connectivity index (χ4v) is 2.68. The van der Waals surface area contributed by atoms with E-state index in [4.69, 9.17) is 0 Å². The molecule has 0 aliphatic carbocycles. The number of anilines is 1. The molecule has 0 aromatic heterocycles. The fourth-order valence-electron chi connectivity index (χ4n) is 2.68. The van der Waals surface area contributed by atoms with E-state index in [9.17, 15) is 4.79 Å². The van der Waals surface area contributed by atoms with E-state index in [1.165, 1.54) is 5.56 Å². The van der Waals surface area contributed by atoms with Crippen LogP contribution in [0.25, 0.3) is 0 Å². The molecule has 2 N–H and O–H groups in total. The number of para-hydroxylation sites is 1. The predicted molar refractivity (Wildman–Crippen MR) is 83.1 cm³/mol. The Morgan fingerprint density at radius 2 is 2.30 bits per heavy atom. The molecule has 1 saturated heterocycles. The van der Waals surface area contributed by atoms with Gasteiger partial charge in [-0.2, -0.15) is 0 Å². The Morgan fingerprint density at radius 1 is 1.50 bits per heavy atom. The summed E-state index contributed by atoms with van der Waals surface area (Å²) in [6.45, 7) is 9.64. The SMILES string of the molecule is CCc1cccc(C)c1NC(=O)CN1CCNC[C@@H]1C. The molecule has 1 aromatic carbocycles. The van der Waals surface area contributed by atoms with Crippen molar-refractivity contribution in [3.8, 4) is 0 Å². The number of nitrogens with zero attached hydrogens (tertiary/aromatic N) is 1. The van der Waals surface area contributed by atoms with Gasteiger partial charge in [-0.15, -0.1) is 0 Å². The molecule has 0 saturated carbocycles. The van der Waals surface area contributed by atoms with Gasteiger partial charge in [0.25, 0.3) is 0 Å². The first-order valence-electron chi connectivity index (χ1n) is 7.45. The summed E-state index contributed by atoms with van der Waals surface area (Å²) in [7, 11) is 0. The summed E-state index contributed by atoms with van der Waals surface area (Å²) < 4.78 is 0. The lowest BCUT2D eigenvalue weighted by molar-refractivity contribution is -0.118. The largest absolute Gasteiger partial charge is 0.324 e. The zero-order chi connectivity index (χ0) is 14.5. The average Bonchev–Trinajstić information content (AvgIpc) is 2.43. The first-order valence-corrected chi connectivity index (χ1v) is 7.45. The number of hydrogen-bond acceptors (Lipinski definition) is 3. The van der Waals surface area contributed by atoms with Crippen LogP contribution in [-0.2, 0) is 11.2 Å². The number of nitrogens with one attached hydrogen (secondary N) is 2. The maximum absolute atomic E-state index is 12.3. The van der Waals surface area contributed by atoms with E-state index in [0.717, 1.165) is 37.3 Å². The minimum Gasteiger partial charge on any atom is -0.324 e. The molecule has 110 valence electrons. The molecule has 1 atom stereocenters. The highest BCUT2D eigenvalue weighted by Crippen LogP contribution is 2.21. The Morgan fingerprint density at radius 3 is 3.00 bits per heavy atom. The highest BCUT2D eigenvalue weighted by atomic mass is 16.2. The molecule has 1 fully saturated rings. The van der Waals surface area contributed by atoms with E-state index >= 15 is 0 Å². The lowest BCUT2D eigenvalue weighted by Gasteiger charge is -2.33. The molecule has 0 radical (unpaired) electrons. The van der Waals surface area contributed by atoms with Crippen LogP contribution in [0.15, 0.2) is 18.2 Å². The van der Waals surface area contributed by atoms with Crippen molar-refractivity contribution in [2.45, 2.75) is 33.2 Å². The monoisotopic (exact) mass is 275 g/mol. The summed E-state index contributed by atoms with van der Waals surface area (Å²) in [6.07, 6.45) is 0.932. The van der Waals surface area contributed by atoms with Crippen molar-refractivity contribution in [3.05, 3.63) is 29.3 Å². The van der Waals surface area contributed by atoms with Crippen LogP contribution in [0.3, 0.4) is 0 Å². The second kappa shape index (κ2) is 6.86. The maximum Gasteiger partial charge on any atom is 0.238 e. The Balaban J connectivity index is 2.01. The van der Waals surface area contributed by atoms with Gasteiger partial charge in [-0.05, 0) is 31.4 Å². The molecular formula is C16H25N3O. The molecule has 1 heterocycles. The molecule has 2 rings (SSSR count). The summed E-state index contributed by atoms with van der Waals surface area (Å²) in [4.78, 5) is 14.5. The van der Waals surface area contributed by atoms with Crippen LogP contribution in [0.5, 0.6) is 0 Å². The molecule has 0 spiro atoms. The minimum atomic E-state index is 0.0859. The lowest BCUT2D eigenvalue weighted by atomic mass is 10.1. The molecule has 1 aliphatic heterocycles. The Bertz CT molecular complexity index is 473. The zero-order valence-corrected chi connectivity index (χ0v) is 12.7. The molecule has 0 bridgehead atoms. The fraction of sp³-hybridized carbons (Fsp3) is 0.562. The van der Waals surface area contributed by atoms with Crippen LogP contribution in [0, 0.1) is 6.92 Å². The van der Waals surface area contributed by atoms with E-state index < -0.39 is 0 Å². The van der Waals surface area contributed by atoms with Gasteiger partial charge in [0, 0.05) is 31.4 Å². The molecule has 4 heteroatoms. The first-order chi connectivity index (χ1) is 9.61. The molecular weight excluding hydrogens is 250 g/mol. The van der Waals surface area contributed by atoms with Crippen molar-refractivity contribution >= 4 is 11.6 Å². The van der Waals surface area contributed by atoms with Gasteiger partial charge in [0.05, 0.1) is 6.54 Å². The van der Waals surface area contributed by atoms with Crippen LogP contribution in [-0.4, -0.2) is 43.0 Å². The third-order valence-electron chi connectivity index (χ3n) is 3.99. The summed E-state index contributed by atoms with van der Waals surface area (Å²) in [6, 6.07) is 6.58. The average molecular weight is 275 g/mol. The van der Waals surface area contributed by atoms with Gasteiger partial charge in [0.15, 0.2) is 0 Å². The third-order valence-corrected chi connectivity index (χ3v) is 3.99. The van der Waals surface area contributed by atoms with Crippen LogP contribution in [0.4, 0.5) is 5.69 Å². The summed E-state index contributed by atoms with van der Waals surface area (Å²) in [5.41, 5.74) is 3.32. The molecule has 0 unspecified atom stereocenters. The summed E-state index contributed by atoms with van der Waals surface area (Å²) >= 11 is 0. The molecule has 20 heavy (non-hydrogen) atoms. The maximum atomic E-state index is 12.3. The van der Waals surface area contributed by atoms with Gasteiger partial charge in [-0.3, -0.25) is 9.69 Å². The van der Waals surface area contributed by atoms with Gasteiger partial charge >= 0.3 is 0 Å². The highest BCUT2D eigenvalue weighted by molar-refractivity contribution is 5.93. The van der Waals surface area contributed by atoms with Crippen molar-refractivity contribution in [1.29, 1.82) is 0 Å². The van der Waals surface area contributed by atoms with Gasteiger partial charge < -0.3 is 10.6 Å². The number of rotatable bonds is 4. The normalized spacial score (nSPS) is 19.9. The zero-order valence-electron chi connectivity index (χ0n) is 12.7. The first kappa shape index (κ1) is 15.0. The van der Waals surface area contributed by atoms with E-state index in [0.29, 0.717) is 12.6 Å². The minimum absolute atomic E-state index is 0.0859. The highest BCUT2D eigenvalue weighted by Gasteiger charge is 2.20. The number of amides is 1. The molecule has 1 aliphatic rings. The predicted octanol–water partition coefficient (Wildman–Crippen LogP) is 1.79. The Kier molecular flexibility index (Phi) is 5.15. The number of aryl methyl sites for hydroxylation is 2. The van der Waals surface area contributed by atoms with Crippen LogP contribution in [0.1, 0.15) is 25.0 Å². The van der Waals surface area contributed by atoms with Crippen LogP contribution >= 0.6 is 0 Å². The molecule has 4 nitrogen and oxygen atoms in total. The van der Waals surface area contributed by atoms with Crippen molar-refractivity contribution in [1.82, 2.24) is 10.2 Å². The summed E-state index contributed by atoms with van der Waals surface area (Å²) in [5.74, 6) is 0.0859. The Hall–Kier alpha value is -1.39. The second-order valence-corrected chi connectivity index (χ2v) is 5.53. The number of benzene rings is 1. The van der Waals surface area contributed by atoms with E-state index in [-0.39, 0.29) is 5.91 Å². The number of hydrogen-bond donors (Lipinski definition) is 2. The molecule has 1 amide bonds. The quantitative estimate of drug-likeness (QED) is 0.880. The van der Waals surface area contributed by atoms with E-state index in [1.54, 1.807) is 0 Å². The van der Waals surface area contributed by atoms with Gasteiger partial charge in [0.1, 0.15) is 0 Å². The number of carbonyl (C=O) groups is 1. The standard InChI is InChI=1S/C16H25N3O/c1-4-14-7-5-6-12(2)16(14)18-15(20)11-19-9-8-17-10-13(19)3/h5-7,13,17H,4,8-11H2,1-3H3,(H,18,20)/t13-/m0/s1. The van der Waals surface area contributed by atoms with Crippen LogP contribution in [0.2, 0.25) is 0 Å². The lowest BCUT2D eigenvalue weighted by Crippen LogP contribution is -2.52. The Labute approximate surface area is 121 Å². The smallest absolute Gasteiger partial charge is 0.238 e. The van der Waals surface area contributed by atoms with Gasteiger partial charge in [0.2, 0.25) is 5.91 Å². The molecule has 1 aromatic rings. The second-order valence-electron chi connectivity index (χ2n) is 5.53. The van der Waals surface area contributed by atoms with Crippen LogP contribution < -0.4 is 10.6 Å². The number of piperazine rings is 1. The van der Waals surface area contributed by atoms with Crippen molar-refractivity contribution in [3.63, 3.8) is 0 Å². The van der Waals surface area contributed by atoms with Crippen molar-refractivity contribution in [2.24, 2.45) is 0 Å². The van der Waals surface area contributed by atoms with Crippen molar-refractivity contribution < 1.29 is 4.79 Å². The third kappa shape index (κ3) is 3.58. The summed E-state index contributed by atoms with van der Waals surface area (Å²) in [5, 5.41) is 6.44. The topological polar surface area (TPSA) is 44.4 Å². The van der Waals surface area contributed by atoms with Gasteiger partial charge in [-0.1, -0.05) is 25.1 Å². The number of carbonyl (C=O) groups excluding carboxylic acids is 1. The van der Waals surface area contributed by atoms with Gasteiger partial charge in [-0.25, -0.2) is 0 Å². The van der Waals surface area contributed by atoms with E-state index in [2.05, 4.69) is 35.4 Å². The van der Waals surface area contributed by atoms with Crippen molar-refractivity contribution in [2.75, 3.05) is 31.5 Å². The van der Waals surface area contributed by atoms with E-state index in [1.807, 2.05) is 19.1 Å².